The lowest BCUT2D eigenvalue weighted by Crippen LogP contribution is -2.39. The molecule has 6 nitrogen and oxygen atoms in total. The van der Waals surface area contributed by atoms with Gasteiger partial charge in [0.2, 0.25) is 0 Å². The van der Waals surface area contributed by atoms with Gasteiger partial charge in [0.05, 0.1) is 32.1 Å². The Labute approximate surface area is 286 Å². The SMILES string of the molecule is Cc1cc(OCCCCCCCCCCCC[N+](C)(C)Cc2ccc(Br)o2)c(C(C)C)cc1Cl.Cc1ccc(S(=O)(=O)[O-])cc1. The molecule has 0 spiro atoms. The smallest absolute Gasteiger partial charge is 0.169 e. The maximum atomic E-state index is 10.4. The first-order valence-electron chi connectivity index (χ1n) is 16.2. The first-order chi connectivity index (χ1) is 21.2. The summed E-state index contributed by atoms with van der Waals surface area (Å²) in [7, 11) is 0.316. The topological polar surface area (TPSA) is 79.6 Å². The van der Waals surface area contributed by atoms with E-state index in [0.717, 1.165) is 56.4 Å². The minimum atomic E-state index is -4.27. The fourth-order valence-corrected chi connectivity index (χ4v) is 6.11. The van der Waals surface area contributed by atoms with Crippen molar-refractivity contribution in [2.75, 3.05) is 27.2 Å². The molecule has 0 radical (unpaired) electrons. The molecule has 1 heterocycles. The highest BCUT2D eigenvalue weighted by Crippen LogP contribution is 2.32. The molecule has 0 N–H and O–H groups in total. The maximum Gasteiger partial charge on any atom is 0.169 e. The fraction of sp³-hybridized carbons (Fsp3) is 0.556. The van der Waals surface area contributed by atoms with Crippen molar-refractivity contribution in [3.63, 3.8) is 0 Å². The van der Waals surface area contributed by atoms with Crippen LogP contribution in [-0.4, -0.2) is 44.7 Å². The standard InChI is InChI=1S/C29H46BrClNO2.C7H8O3S/c1-23(2)26-21-27(31)24(3)20-28(26)33-19-15-13-11-9-7-6-8-10-12-14-18-32(4,5)22-25-16-17-29(30)34-25;1-6-2-4-7(5-3-6)11(8,9)10/h16-17,20-21,23H,6-15,18-19,22H2,1-5H3;2-5H,1H3,(H,8,9,10)/q+1;/p-1. The van der Waals surface area contributed by atoms with Crippen molar-refractivity contribution < 1.29 is 26.6 Å². The molecule has 9 heteroatoms. The molecule has 2 aromatic carbocycles. The molecule has 3 rings (SSSR count). The largest absolute Gasteiger partial charge is 0.744 e. The Morgan fingerprint density at radius 2 is 1.42 bits per heavy atom. The van der Waals surface area contributed by atoms with Crippen LogP contribution in [0.5, 0.6) is 5.75 Å². The molecule has 45 heavy (non-hydrogen) atoms. The Bertz CT molecular complexity index is 1390. The summed E-state index contributed by atoms with van der Waals surface area (Å²) in [5.41, 5.74) is 3.23. The zero-order chi connectivity index (χ0) is 33.5. The van der Waals surface area contributed by atoms with Gasteiger partial charge in [0.15, 0.2) is 10.4 Å². The van der Waals surface area contributed by atoms with Gasteiger partial charge in [-0.2, -0.15) is 0 Å². The van der Waals surface area contributed by atoms with Crippen LogP contribution < -0.4 is 4.74 Å². The number of nitrogens with zero attached hydrogens (tertiary/aromatic N) is 1. The third-order valence-electron chi connectivity index (χ3n) is 7.85. The number of quaternary nitrogens is 1. The Kier molecular flexibility index (Phi) is 17.3. The molecule has 0 bridgehead atoms. The van der Waals surface area contributed by atoms with Crippen LogP contribution in [0.1, 0.15) is 106 Å². The molecule has 0 atom stereocenters. The lowest BCUT2D eigenvalue weighted by molar-refractivity contribution is -0.904. The number of hydrogen-bond acceptors (Lipinski definition) is 5. The van der Waals surface area contributed by atoms with Gasteiger partial charge in [0.1, 0.15) is 22.4 Å². The maximum absolute atomic E-state index is 10.4. The van der Waals surface area contributed by atoms with Crippen LogP contribution in [0.2, 0.25) is 5.02 Å². The summed E-state index contributed by atoms with van der Waals surface area (Å²) < 4.78 is 44.7. The Hall–Kier alpha value is -1.84. The predicted octanol–water partition coefficient (Wildman–Crippen LogP) is 10.6. The molecule has 0 aliphatic rings. The highest BCUT2D eigenvalue weighted by Gasteiger charge is 2.17. The summed E-state index contributed by atoms with van der Waals surface area (Å²) in [5, 5.41) is 0.831. The lowest BCUT2D eigenvalue weighted by atomic mass is 10.0. The van der Waals surface area contributed by atoms with Gasteiger partial charge in [0.25, 0.3) is 0 Å². The zero-order valence-electron chi connectivity index (χ0n) is 28.0. The van der Waals surface area contributed by atoms with Crippen LogP contribution in [0, 0.1) is 13.8 Å². The Morgan fingerprint density at radius 3 is 1.93 bits per heavy atom. The van der Waals surface area contributed by atoms with Gasteiger partial charge in [-0.1, -0.05) is 88.1 Å². The third kappa shape index (κ3) is 16.0. The van der Waals surface area contributed by atoms with Crippen molar-refractivity contribution in [3.05, 3.63) is 80.7 Å². The van der Waals surface area contributed by atoms with Crippen molar-refractivity contribution in [2.24, 2.45) is 0 Å². The van der Waals surface area contributed by atoms with Crippen molar-refractivity contribution in [1.82, 2.24) is 0 Å². The molecule has 252 valence electrons. The van der Waals surface area contributed by atoms with E-state index < -0.39 is 10.1 Å². The van der Waals surface area contributed by atoms with Crippen LogP contribution >= 0.6 is 27.5 Å². The van der Waals surface area contributed by atoms with Crippen molar-refractivity contribution >= 4 is 37.6 Å². The summed E-state index contributed by atoms with van der Waals surface area (Å²) >= 11 is 9.69. The van der Waals surface area contributed by atoms with Gasteiger partial charge in [-0.3, -0.25) is 0 Å². The van der Waals surface area contributed by atoms with E-state index in [0.29, 0.717) is 5.92 Å². The highest BCUT2D eigenvalue weighted by atomic mass is 79.9. The number of benzene rings is 2. The molecule has 0 saturated heterocycles. The van der Waals surface area contributed by atoms with E-state index in [-0.39, 0.29) is 4.90 Å². The first-order valence-corrected chi connectivity index (χ1v) is 18.8. The van der Waals surface area contributed by atoms with Crippen LogP contribution in [0.3, 0.4) is 0 Å². The molecule has 0 aliphatic carbocycles. The van der Waals surface area contributed by atoms with E-state index in [9.17, 15) is 13.0 Å². The van der Waals surface area contributed by atoms with Crippen LogP contribution in [0.25, 0.3) is 0 Å². The Morgan fingerprint density at radius 1 is 0.867 bits per heavy atom. The van der Waals surface area contributed by atoms with Crippen molar-refractivity contribution in [1.29, 1.82) is 0 Å². The van der Waals surface area contributed by atoms with Crippen LogP contribution in [0.15, 0.2) is 62.5 Å². The average molecular weight is 727 g/mol. The van der Waals surface area contributed by atoms with Crippen molar-refractivity contribution in [2.45, 2.75) is 109 Å². The molecule has 0 unspecified atom stereocenters. The van der Waals surface area contributed by atoms with E-state index in [4.69, 9.17) is 20.8 Å². The third-order valence-corrected chi connectivity index (χ3v) is 9.53. The normalized spacial score (nSPS) is 11.9. The molecule has 0 amide bonds. The first kappa shape index (κ1) is 39.3. The number of ether oxygens (including phenoxy) is 1. The monoisotopic (exact) mass is 725 g/mol. The van der Waals surface area contributed by atoms with Gasteiger partial charge in [-0.25, -0.2) is 8.42 Å². The second kappa shape index (κ2) is 19.7. The van der Waals surface area contributed by atoms with Crippen molar-refractivity contribution in [3.8, 4) is 5.75 Å². The summed E-state index contributed by atoms with van der Waals surface area (Å²) in [6.07, 6.45) is 13.1. The van der Waals surface area contributed by atoms with E-state index in [2.05, 4.69) is 62.1 Å². The quantitative estimate of drug-likeness (QED) is 0.0741. The minimum absolute atomic E-state index is 0.178. The molecule has 1 aromatic heterocycles. The van der Waals surface area contributed by atoms with E-state index >= 15 is 0 Å². The van der Waals surface area contributed by atoms with E-state index in [1.807, 2.05) is 19.9 Å². The number of furan rings is 1. The molecule has 3 aromatic rings. The van der Waals surface area contributed by atoms with Crippen LogP contribution in [0.4, 0.5) is 0 Å². The van der Waals surface area contributed by atoms with Gasteiger partial charge in [-0.05, 0) is 102 Å². The number of halogens is 2. The summed E-state index contributed by atoms with van der Waals surface area (Å²) in [4.78, 5) is -0.178. The molecular formula is C36H53BrClNO5S. The fourth-order valence-electron chi connectivity index (χ4n) is 5.13. The summed E-state index contributed by atoms with van der Waals surface area (Å²) in [6, 6.07) is 14.0. The number of unbranched alkanes of at least 4 members (excludes halogenated alkanes) is 9. The molecular weight excluding hydrogens is 674 g/mol. The van der Waals surface area contributed by atoms with Gasteiger partial charge >= 0.3 is 0 Å². The number of aryl methyl sites for hydroxylation is 2. The Balaban J connectivity index is 0.000000537. The molecule has 0 fully saturated rings. The molecule has 0 saturated carbocycles. The summed E-state index contributed by atoms with van der Waals surface area (Å²) in [5.74, 6) is 2.49. The van der Waals surface area contributed by atoms with Gasteiger partial charge in [-0.15, -0.1) is 0 Å². The summed E-state index contributed by atoms with van der Waals surface area (Å²) in [6.45, 7) is 11.2. The van der Waals surface area contributed by atoms with E-state index in [1.54, 1.807) is 12.1 Å². The van der Waals surface area contributed by atoms with Gasteiger partial charge < -0.3 is 18.2 Å². The van der Waals surface area contributed by atoms with Crippen LogP contribution in [-0.2, 0) is 16.7 Å². The second-order valence-electron chi connectivity index (χ2n) is 13.0. The highest BCUT2D eigenvalue weighted by molar-refractivity contribution is 9.10. The second-order valence-corrected chi connectivity index (χ2v) is 15.5. The average Bonchev–Trinajstić information content (AvgIpc) is 3.36. The number of hydrogen-bond donors (Lipinski definition) is 0. The lowest BCUT2D eigenvalue weighted by Gasteiger charge is -2.28. The molecule has 0 aliphatic heterocycles. The minimum Gasteiger partial charge on any atom is -0.744 e. The predicted molar refractivity (Wildman–Crippen MR) is 188 cm³/mol. The van der Waals surface area contributed by atoms with E-state index in [1.165, 1.54) is 82.0 Å². The number of rotatable bonds is 18. The zero-order valence-corrected chi connectivity index (χ0v) is 31.2. The van der Waals surface area contributed by atoms with Gasteiger partial charge in [0, 0.05) is 5.02 Å².